The Morgan fingerprint density at radius 1 is 1.11 bits per heavy atom. The van der Waals surface area contributed by atoms with Crippen LogP contribution in [0.2, 0.25) is 0 Å². The summed E-state index contributed by atoms with van der Waals surface area (Å²) in [7, 11) is 0. The lowest BCUT2D eigenvalue weighted by atomic mass is 9.84. The van der Waals surface area contributed by atoms with E-state index in [0.29, 0.717) is 5.54 Å². The molecule has 0 bridgehead atoms. The van der Waals surface area contributed by atoms with Gasteiger partial charge in [-0.3, -0.25) is 4.90 Å². The Bertz CT molecular complexity index is 391. The molecule has 98 valence electrons. The van der Waals surface area contributed by atoms with E-state index in [1.807, 2.05) is 0 Å². The molecule has 0 N–H and O–H groups in total. The molecular formula is C17H25N. The Hall–Kier alpha value is -0.820. The average Bonchev–Trinajstić information content (AvgIpc) is 3.13. The first-order valence-electron chi connectivity index (χ1n) is 7.45. The van der Waals surface area contributed by atoms with E-state index < -0.39 is 0 Å². The van der Waals surface area contributed by atoms with Crippen molar-refractivity contribution in [3.8, 4) is 0 Å². The summed E-state index contributed by atoms with van der Waals surface area (Å²) in [6.45, 7) is 7.31. The molecule has 1 aliphatic carbocycles. The third-order valence-corrected chi connectivity index (χ3v) is 5.09. The van der Waals surface area contributed by atoms with Gasteiger partial charge in [-0.05, 0) is 50.6 Å². The highest BCUT2D eigenvalue weighted by Gasteiger charge is 2.42. The lowest BCUT2D eigenvalue weighted by Gasteiger charge is -2.36. The smallest absolute Gasteiger partial charge is 0.0239 e. The van der Waals surface area contributed by atoms with Crippen molar-refractivity contribution in [1.82, 2.24) is 4.90 Å². The molecule has 18 heavy (non-hydrogen) atoms. The van der Waals surface area contributed by atoms with E-state index in [-0.39, 0.29) is 0 Å². The molecule has 1 aromatic carbocycles. The van der Waals surface area contributed by atoms with Crippen molar-refractivity contribution in [3.05, 3.63) is 35.9 Å². The van der Waals surface area contributed by atoms with Crippen LogP contribution in [0.5, 0.6) is 0 Å². The second-order valence-corrected chi connectivity index (χ2v) is 6.73. The van der Waals surface area contributed by atoms with Crippen molar-refractivity contribution in [2.45, 2.75) is 51.6 Å². The topological polar surface area (TPSA) is 3.24 Å². The molecule has 0 aromatic heterocycles. The predicted molar refractivity (Wildman–Crippen MR) is 76.4 cm³/mol. The normalized spacial score (nSPS) is 27.6. The van der Waals surface area contributed by atoms with E-state index in [0.717, 1.165) is 18.4 Å². The minimum absolute atomic E-state index is 0.387. The van der Waals surface area contributed by atoms with Crippen molar-refractivity contribution < 1.29 is 0 Å². The molecule has 1 aromatic rings. The minimum atomic E-state index is 0.387. The monoisotopic (exact) mass is 243 g/mol. The maximum Gasteiger partial charge on any atom is 0.0239 e. The molecule has 1 aliphatic heterocycles. The molecule has 1 heterocycles. The van der Waals surface area contributed by atoms with E-state index in [1.165, 1.54) is 37.8 Å². The van der Waals surface area contributed by atoms with E-state index >= 15 is 0 Å². The fourth-order valence-electron chi connectivity index (χ4n) is 3.46. The van der Waals surface area contributed by atoms with Gasteiger partial charge in [0.05, 0.1) is 0 Å². The first kappa shape index (κ1) is 12.2. The standard InChI is InChI=1S/C17H25N/c1-17(2)16(12-14-8-9-14)10-11-18(17)13-15-6-4-3-5-7-15/h3-7,14,16H,8-13H2,1-2H3. The van der Waals surface area contributed by atoms with E-state index in [4.69, 9.17) is 0 Å². The second kappa shape index (κ2) is 4.70. The molecular weight excluding hydrogens is 218 g/mol. The highest BCUT2D eigenvalue weighted by Crippen LogP contribution is 2.44. The van der Waals surface area contributed by atoms with Gasteiger partial charge in [0.25, 0.3) is 0 Å². The largest absolute Gasteiger partial charge is 0.294 e. The Balaban J connectivity index is 1.66. The highest BCUT2D eigenvalue weighted by atomic mass is 15.2. The highest BCUT2D eigenvalue weighted by molar-refractivity contribution is 5.15. The zero-order valence-corrected chi connectivity index (χ0v) is 11.7. The van der Waals surface area contributed by atoms with Crippen LogP contribution in [0.1, 0.15) is 45.1 Å². The van der Waals surface area contributed by atoms with Gasteiger partial charge in [-0.1, -0.05) is 43.2 Å². The summed E-state index contributed by atoms with van der Waals surface area (Å²) in [5, 5.41) is 0. The van der Waals surface area contributed by atoms with Gasteiger partial charge in [0.15, 0.2) is 0 Å². The first-order chi connectivity index (χ1) is 8.66. The van der Waals surface area contributed by atoms with Crippen LogP contribution in [-0.4, -0.2) is 17.0 Å². The summed E-state index contributed by atoms with van der Waals surface area (Å²) in [5.41, 5.74) is 1.84. The quantitative estimate of drug-likeness (QED) is 0.770. The van der Waals surface area contributed by atoms with E-state index in [2.05, 4.69) is 49.1 Å². The Morgan fingerprint density at radius 2 is 1.83 bits per heavy atom. The number of rotatable bonds is 4. The number of benzene rings is 1. The zero-order valence-electron chi connectivity index (χ0n) is 11.7. The van der Waals surface area contributed by atoms with Crippen molar-refractivity contribution in [1.29, 1.82) is 0 Å². The van der Waals surface area contributed by atoms with Gasteiger partial charge in [0.2, 0.25) is 0 Å². The summed E-state index contributed by atoms with van der Waals surface area (Å²) in [6.07, 6.45) is 5.85. The molecule has 0 amide bonds. The summed E-state index contributed by atoms with van der Waals surface area (Å²) in [5.74, 6) is 1.97. The van der Waals surface area contributed by atoms with Crippen LogP contribution < -0.4 is 0 Å². The van der Waals surface area contributed by atoms with Gasteiger partial charge >= 0.3 is 0 Å². The molecule has 0 spiro atoms. The van der Waals surface area contributed by atoms with Gasteiger partial charge in [0, 0.05) is 12.1 Å². The minimum Gasteiger partial charge on any atom is -0.294 e. The summed E-state index contributed by atoms with van der Waals surface area (Å²) < 4.78 is 0. The number of likely N-dealkylation sites (tertiary alicyclic amines) is 1. The fraction of sp³-hybridized carbons (Fsp3) is 0.647. The van der Waals surface area contributed by atoms with E-state index in [9.17, 15) is 0 Å². The van der Waals surface area contributed by atoms with Crippen LogP contribution in [0.15, 0.2) is 30.3 Å². The SMILES string of the molecule is CC1(C)C(CC2CC2)CCN1Cc1ccccc1. The van der Waals surface area contributed by atoms with Gasteiger partial charge < -0.3 is 0 Å². The molecule has 3 rings (SSSR count). The molecule has 1 nitrogen and oxygen atoms in total. The van der Waals surface area contributed by atoms with Crippen molar-refractivity contribution >= 4 is 0 Å². The van der Waals surface area contributed by atoms with Crippen LogP contribution >= 0.6 is 0 Å². The van der Waals surface area contributed by atoms with Crippen LogP contribution in [-0.2, 0) is 6.54 Å². The number of hydrogen-bond donors (Lipinski definition) is 0. The predicted octanol–water partition coefficient (Wildman–Crippen LogP) is 4.09. The average molecular weight is 243 g/mol. The summed E-state index contributed by atoms with van der Waals surface area (Å²) >= 11 is 0. The van der Waals surface area contributed by atoms with Crippen LogP contribution in [0, 0.1) is 11.8 Å². The molecule has 1 heteroatoms. The molecule has 1 unspecified atom stereocenters. The van der Waals surface area contributed by atoms with Crippen LogP contribution in [0.3, 0.4) is 0 Å². The maximum absolute atomic E-state index is 2.69. The van der Waals surface area contributed by atoms with Gasteiger partial charge in [0.1, 0.15) is 0 Å². The van der Waals surface area contributed by atoms with Crippen molar-refractivity contribution in [3.63, 3.8) is 0 Å². The second-order valence-electron chi connectivity index (χ2n) is 6.73. The fourth-order valence-corrected chi connectivity index (χ4v) is 3.46. The molecule has 1 saturated carbocycles. The Kier molecular flexibility index (Phi) is 3.19. The lowest BCUT2D eigenvalue weighted by Crippen LogP contribution is -2.42. The molecule has 1 saturated heterocycles. The van der Waals surface area contributed by atoms with Gasteiger partial charge in [-0.25, -0.2) is 0 Å². The van der Waals surface area contributed by atoms with Crippen molar-refractivity contribution in [2.24, 2.45) is 11.8 Å². The lowest BCUT2D eigenvalue weighted by molar-refractivity contribution is 0.124. The Morgan fingerprint density at radius 3 is 2.50 bits per heavy atom. The number of hydrogen-bond acceptors (Lipinski definition) is 1. The third-order valence-electron chi connectivity index (χ3n) is 5.09. The van der Waals surface area contributed by atoms with Crippen LogP contribution in [0.4, 0.5) is 0 Å². The zero-order chi connectivity index (χ0) is 12.6. The Labute approximate surface area is 111 Å². The third kappa shape index (κ3) is 2.47. The maximum atomic E-state index is 2.69. The van der Waals surface area contributed by atoms with E-state index in [1.54, 1.807) is 0 Å². The van der Waals surface area contributed by atoms with Crippen LogP contribution in [0.25, 0.3) is 0 Å². The van der Waals surface area contributed by atoms with Crippen molar-refractivity contribution in [2.75, 3.05) is 6.54 Å². The molecule has 0 radical (unpaired) electrons. The number of nitrogens with zero attached hydrogens (tertiary/aromatic N) is 1. The summed E-state index contributed by atoms with van der Waals surface area (Å²) in [4.78, 5) is 2.69. The molecule has 2 aliphatic rings. The van der Waals surface area contributed by atoms with Gasteiger partial charge in [-0.15, -0.1) is 0 Å². The molecule has 2 fully saturated rings. The summed E-state index contributed by atoms with van der Waals surface area (Å²) in [6, 6.07) is 10.9. The first-order valence-corrected chi connectivity index (χ1v) is 7.45. The van der Waals surface area contributed by atoms with Gasteiger partial charge in [-0.2, -0.15) is 0 Å². The molecule has 1 atom stereocenters.